The van der Waals surface area contributed by atoms with E-state index in [1.54, 1.807) is 5.38 Å². The summed E-state index contributed by atoms with van der Waals surface area (Å²) in [5.74, 6) is 0.306. The number of thiazole rings is 1. The molecule has 0 saturated carbocycles. The van der Waals surface area contributed by atoms with Gasteiger partial charge in [-0.15, -0.1) is 11.3 Å². The summed E-state index contributed by atoms with van der Waals surface area (Å²) in [5.41, 5.74) is 21.5. The van der Waals surface area contributed by atoms with Gasteiger partial charge in [0, 0.05) is 11.1 Å². The predicted octanol–water partition coefficient (Wildman–Crippen LogP) is -0.511. The fraction of sp³-hybridized carbons (Fsp3) is 0.143. The van der Waals surface area contributed by atoms with E-state index in [0.29, 0.717) is 10.9 Å². The van der Waals surface area contributed by atoms with Crippen LogP contribution in [0.5, 0.6) is 0 Å². The fourth-order valence-corrected chi connectivity index (χ4v) is 2.23. The Morgan fingerprint density at radius 1 is 1.35 bits per heavy atom. The summed E-state index contributed by atoms with van der Waals surface area (Å²) < 4.78 is 0. The van der Waals surface area contributed by atoms with Crippen LogP contribution in [0.3, 0.4) is 0 Å². The third-order valence-electron chi connectivity index (χ3n) is 1.35. The Morgan fingerprint density at radius 2 is 2.06 bits per heavy atom. The van der Waals surface area contributed by atoms with Gasteiger partial charge < -0.3 is 22.9 Å². The zero-order valence-corrected chi connectivity index (χ0v) is 10.4. The molecule has 17 heavy (non-hydrogen) atoms. The van der Waals surface area contributed by atoms with E-state index in [0.717, 1.165) is 17.5 Å². The summed E-state index contributed by atoms with van der Waals surface area (Å²) >= 11 is 2.47. The maximum atomic E-state index is 7.41. The second kappa shape index (κ2) is 6.06. The number of hydrogen-bond donors (Lipinski definition) is 5. The predicted molar refractivity (Wildman–Crippen MR) is 72.4 cm³/mol. The van der Waals surface area contributed by atoms with Crippen molar-refractivity contribution in [2.75, 3.05) is 0 Å². The van der Waals surface area contributed by atoms with E-state index in [4.69, 9.17) is 28.3 Å². The van der Waals surface area contributed by atoms with Crippen molar-refractivity contribution in [2.45, 2.75) is 5.75 Å². The number of rotatable bonds is 3. The van der Waals surface area contributed by atoms with Gasteiger partial charge >= 0.3 is 0 Å². The fourth-order valence-electron chi connectivity index (χ4n) is 0.816. The van der Waals surface area contributed by atoms with Crippen molar-refractivity contribution in [1.29, 1.82) is 5.41 Å². The van der Waals surface area contributed by atoms with Crippen LogP contribution in [-0.2, 0) is 5.75 Å². The molecule has 10 heteroatoms. The smallest absolute Gasteiger partial charge is 0.212 e. The SMILES string of the molecule is N=C(N=C(N)N)SCc1csc(N=C(N)N)n1. The Bertz CT molecular complexity index is 454. The van der Waals surface area contributed by atoms with E-state index < -0.39 is 0 Å². The molecule has 1 aromatic heterocycles. The normalized spacial score (nSPS) is 9.65. The molecule has 0 bridgehead atoms. The minimum absolute atomic E-state index is 0.0291. The first-order valence-corrected chi connectivity index (χ1v) is 6.19. The molecule has 1 heterocycles. The minimum atomic E-state index is -0.137. The first-order chi connectivity index (χ1) is 7.97. The molecule has 0 aromatic carbocycles. The third kappa shape index (κ3) is 5.17. The first kappa shape index (κ1) is 13.3. The van der Waals surface area contributed by atoms with Gasteiger partial charge in [-0.05, 0) is 0 Å². The summed E-state index contributed by atoms with van der Waals surface area (Å²) in [5, 5.41) is 9.72. The molecule has 9 N–H and O–H groups in total. The Labute approximate surface area is 106 Å². The molecule has 8 nitrogen and oxygen atoms in total. The Morgan fingerprint density at radius 3 is 2.65 bits per heavy atom. The van der Waals surface area contributed by atoms with E-state index >= 15 is 0 Å². The standard InChI is InChI=1S/C7H12N8S2/c8-4(9)14-6(12)16-1-3-2-17-7(13-3)15-5(10)11/h2H,1H2,(H5,8,9,12,14)(H4,10,11,13,15). The lowest BCUT2D eigenvalue weighted by atomic mass is 10.6. The maximum Gasteiger partial charge on any atom is 0.212 e. The van der Waals surface area contributed by atoms with Gasteiger partial charge in [0.15, 0.2) is 17.1 Å². The number of thioether (sulfide) groups is 1. The first-order valence-electron chi connectivity index (χ1n) is 4.32. The molecule has 0 atom stereocenters. The number of hydrogen-bond acceptors (Lipinski definition) is 5. The molecule has 92 valence electrons. The molecule has 1 aromatic rings. The van der Waals surface area contributed by atoms with Crippen LogP contribution in [0, 0.1) is 5.41 Å². The van der Waals surface area contributed by atoms with Crippen LogP contribution in [-0.4, -0.2) is 22.1 Å². The zero-order valence-electron chi connectivity index (χ0n) is 8.75. The van der Waals surface area contributed by atoms with Crippen molar-refractivity contribution in [3.8, 4) is 0 Å². The van der Waals surface area contributed by atoms with E-state index in [-0.39, 0.29) is 17.1 Å². The Hall–Kier alpha value is -1.81. The number of amidine groups is 1. The van der Waals surface area contributed by atoms with Crippen LogP contribution >= 0.6 is 23.1 Å². The second-order valence-electron chi connectivity index (χ2n) is 2.79. The van der Waals surface area contributed by atoms with E-state index in [1.165, 1.54) is 11.3 Å². The number of nitrogens with one attached hydrogen (secondary N) is 1. The highest BCUT2D eigenvalue weighted by molar-refractivity contribution is 8.13. The van der Waals surface area contributed by atoms with Crippen molar-refractivity contribution in [3.05, 3.63) is 11.1 Å². The van der Waals surface area contributed by atoms with E-state index in [2.05, 4.69) is 15.0 Å². The summed E-state index contributed by atoms with van der Waals surface area (Å²) in [6.07, 6.45) is 0. The van der Waals surface area contributed by atoms with Gasteiger partial charge in [0.2, 0.25) is 5.13 Å². The van der Waals surface area contributed by atoms with Crippen molar-refractivity contribution in [1.82, 2.24) is 4.98 Å². The summed E-state index contributed by atoms with van der Waals surface area (Å²) in [7, 11) is 0. The van der Waals surface area contributed by atoms with Crippen LogP contribution < -0.4 is 22.9 Å². The average molecular weight is 272 g/mol. The monoisotopic (exact) mass is 272 g/mol. The van der Waals surface area contributed by atoms with Gasteiger partial charge in [-0.3, -0.25) is 5.41 Å². The van der Waals surface area contributed by atoms with Gasteiger partial charge in [0.1, 0.15) is 0 Å². The van der Waals surface area contributed by atoms with Gasteiger partial charge in [0.05, 0.1) is 5.69 Å². The number of guanidine groups is 2. The highest BCUT2D eigenvalue weighted by Gasteiger charge is 2.03. The van der Waals surface area contributed by atoms with Gasteiger partial charge in [-0.1, -0.05) is 11.8 Å². The number of aromatic nitrogens is 1. The number of nitrogens with zero attached hydrogens (tertiary/aromatic N) is 3. The third-order valence-corrected chi connectivity index (χ3v) is 2.94. The van der Waals surface area contributed by atoms with Gasteiger partial charge in [0.25, 0.3) is 0 Å². The molecule has 0 aliphatic heterocycles. The molecule has 0 fully saturated rings. The van der Waals surface area contributed by atoms with E-state index in [1.807, 2.05) is 0 Å². The van der Waals surface area contributed by atoms with Crippen LogP contribution in [0.25, 0.3) is 0 Å². The number of aliphatic imine (C=N–C) groups is 2. The molecule has 0 saturated heterocycles. The highest BCUT2D eigenvalue weighted by atomic mass is 32.2. The van der Waals surface area contributed by atoms with Crippen molar-refractivity contribution >= 4 is 45.3 Å². The second-order valence-corrected chi connectivity index (χ2v) is 4.59. The molecule has 0 aliphatic carbocycles. The number of nitrogens with two attached hydrogens (primary N) is 4. The Balaban J connectivity index is 2.53. The average Bonchev–Trinajstić information content (AvgIpc) is 2.60. The van der Waals surface area contributed by atoms with Crippen LogP contribution in [0.4, 0.5) is 5.13 Å². The quantitative estimate of drug-likeness (QED) is 0.367. The van der Waals surface area contributed by atoms with Crippen LogP contribution in [0.15, 0.2) is 15.4 Å². The Kier molecular flexibility index (Phi) is 4.72. The maximum absolute atomic E-state index is 7.41. The molecule has 0 radical (unpaired) electrons. The summed E-state index contributed by atoms with van der Waals surface area (Å²) in [6.45, 7) is 0. The topological polar surface area (TPSA) is 166 Å². The lowest BCUT2D eigenvalue weighted by Gasteiger charge is -1.96. The molecule has 0 amide bonds. The van der Waals surface area contributed by atoms with Crippen molar-refractivity contribution in [3.63, 3.8) is 0 Å². The molecule has 0 aliphatic rings. The van der Waals surface area contributed by atoms with Crippen LogP contribution in [0.1, 0.15) is 5.69 Å². The lowest BCUT2D eigenvalue weighted by molar-refractivity contribution is 1.21. The van der Waals surface area contributed by atoms with Crippen molar-refractivity contribution in [2.24, 2.45) is 32.9 Å². The molecular weight excluding hydrogens is 260 g/mol. The molecular formula is C7H12N8S2. The lowest BCUT2D eigenvalue weighted by Crippen LogP contribution is -2.23. The molecule has 0 spiro atoms. The van der Waals surface area contributed by atoms with Gasteiger partial charge in [-0.2, -0.15) is 9.98 Å². The highest BCUT2D eigenvalue weighted by Crippen LogP contribution is 2.22. The van der Waals surface area contributed by atoms with Crippen LogP contribution in [0.2, 0.25) is 0 Å². The summed E-state index contributed by atoms with van der Waals surface area (Å²) in [4.78, 5) is 11.5. The largest absolute Gasteiger partial charge is 0.370 e. The van der Waals surface area contributed by atoms with E-state index in [9.17, 15) is 0 Å². The minimum Gasteiger partial charge on any atom is -0.370 e. The molecule has 0 unspecified atom stereocenters. The molecule has 1 rings (SSSR count). The van der Waals surface area contributed by atoms with Gasteiger partial charge in [-0.25, -0.2) is 4.98 Å². The summed E-state index contributed by atoms with van der Waals surface area (Å²) in [6, 6.07) is 0. The zero-order chi connectivity index (χ0) is 12.8. The van der Waals surface area contributed by atoms with Crippen molar-refractivity contribution < 1.29 is 0 Å².